The highest BCUT2D eigenvalue weighted by Gasteiger charge is 2.30. The SMILES string of the molecule is Cc1ccc(C(F)(F)F)cc1-c1cc(Cl)ncn1. The lowest BCUT2D eigenvalue weighted by Crippen LogP contribution is -2.05. The Morgan fingerprint density at radius 3 is 2.44 bits per heavy atom. The molecule has 0 amide bonds. The molecular weight excluding hydrogens is 265 g/mol. The van der Waals surface area contributed by atoms with Crippen LogP contribution in [0.15, 0.2) is 30.6 Å². The maximum Gasteiger partial charge on any atom is 0.416 e. The fourth-order valence-corrected chi connectivity index (χ4v) is 1.70. The smallest absolute Gasteiger partial charge is 0.236 e. The molecule has 1 aromatic heterocycles. The molecule has 0 N–H and O–H groups in total. The van der Waals surface area contributed by atoms with Crippen LogP contribution in [0, 0.1) is 6.92 Å². The van der Waals surface area contributed by atoms with E-state index in [4.69, 9.17) is 11.6 Å². The predicted molar refractivity (Wildman–Crippen MR) is 62.2 cm³/mol. The molecule has 0 aliphatic rings. The Balaban J connectivity index is 2.57. The van der Waals surface area contributed by atoms with E-state index in [1.54, 1.807) is 6.92 Å². The topological polar surface area (TPSA) is 25.8 Å². The number of hydrogen-bond donors (Lipinski definition) is 0. The average Bonchev–Trinajstić information content (AvgIpc) is 2.28. The van der Waals surface area contributed by atoms with E-state index in [9.17, 15) is 13.2 Å². The molecule has 1 aromatic carbocycles. The van der Waals surface area contributed by atoms with Crippen molar-refractivity contribution in [2.75, 3.05) is 0 Å². The second-order valence-corrected chi connectivity index (χ2v) is 4.14. The number of rotatable bonds is 1. The van der Waals surface area contributed by atoms with Crippen LogP contribution in [-0.2, 0) is 6.18 Å². The van der Waals surface area contributed by atoms with E-state index in [-0.39, 0.29) is 5.15 Å². The van der Waals surface area contributed by atoms with E-state index in [2.05, 4.69) is 9.97 Å². The van der Waals surface area contributed by atoms with Gasteiger partial charge in [-0.15, -0.1) is 0 Å². The summed E-state index contributed by atoms with van der Waals surface area (Å²) in [5.41, 5.74) is 0.753. The minimum absolute atomic E-state index is 0.191. The van der Waals surface area contributed by atoms with Gasteiger partial charge in [-0.25, -0.2) is 9.97 Å². The highest BCUT2D eigenvalue weighted by molar-refractivity contribution is 6.29. The Labute approximate surface area is 106 Å². The zero-order valence-corrected chi connectivity index (χ0v) is 10.0. The molecule has 0 aliphatic carbocycles. The first-order valence-corrected chi connectivity index (χ1v) is 5.41. The molecule has 1 heterocycles. The largest absolute Gasteiger partial charge is 0.416 e. The van der Waals surface area contributed by atoms with Gasteiger partial charge in [0.1, 0.15) is 11.5 Å². The molecule has 0 fully saturated rings. The van der Waals surface area contributed by atoms with E-state index in [0.29, 0.717) is 16.8 Å². The van der Waals surface area contributed by atoms with Crippen molar-refractivity contribution in [1.82, 2.24) is 9.97 Å². The summed E-state index contributed by atoms with van der Waals surface area (Å²) < 4.78 is 37.9. The van der Waals surface area contributed by atoms with Gasteiger partial charge >= 0.3 is 6.18 Å². The summed E-state index contributed by atoms with van der Waals surface area (Å²) in [5.74, 6) is 0. The van der Waals surface area contributed by atoms with Crippen LogP contribution < -0.4 is 0 Å². The van der Waals surface area contributed by atoms with Crippen molar-refractivity contribution < 1.29 is 13.2 Å². The minimum atomic E-state index is -4.38. The Morgan fingerprint density at radius 1 is 1.11 bits per heavy atom. The summed E-state index contributed by atoms with van der Waals surface area (Å²) in [5, 5.41) is 0.191. The third-order valence-corrected chi connectivity index (χ3v) is 2.68. The lowest BCUT2D eigenvalue weighted by Gasteiger charge is -2.11. The highest BCUT2D eigenvalue weighted by atomic mass is 35.5. The van der Waals surface area contributed by atoms with E-state index in [0.717, 1.165) is 12.1 Å². The number of aryl methyl sites for hydroxylation is 1. The third kappa shape index (κ3) is 2.61. The number of halogens is 4. The molecule has 6 heteroatoms. The van der Waals surface area contributed by atoms with Crippen molar-refractivity contribution in [2.45, 2.75) is 13.1 Å². The van der Waals surface area contributed by atoms with Crippen molar-refractivity contribution in [1.29, 1.82) is 0 Å². The maximum absolute atomic E-state index is 12.6. The number of aromatic nitrogens is 2. The number of benzene rings is 1. The first-order chi connectivity index (χ1) is 8.38. The van der Waals surface area contributed by atoms with Gasteiger partial charge in [-0.05, 0) is 24.6 Å². The quantitative estimate of drug-likeness (QED) is 0.730. The predicted octanol–water partition coefficient (Wildman–Crippen LogP) is 4.12. The van der Waals surface area contributed by atoms with Crippen LogP contribution in [0.5, 0.6) is 0 Å². The fraction of sp³-hybridized carbons (Fsp3) is 0.167. The summed E-state index contributed by atoms with van der Waals surface area (Å²) in [6.45, 7) is 1.71. The van der Waals surface area contributed by atoms with Crippen molar-refractivity contribution in [3.8, 4) is 11.3 Å². The van der Waals surface area contributed by atoms with E-state index < -0.39 is 11.7 Å². The van der Waals surface area contributed by atoms with Gasteiger partial charge in [0.05, 0.1) is 11.3 Å². The van der Waals surface area contributed by atoms with Crippen molar-refractivity contribution in [3.63, 3.8) is 0 Å². The summed E-state index contributed by atoms with van der Waals surface area (Å²) in [6.07, 6.45) is -3.16. The molecule has 0 saturated heterocycles. The first kappa shape index (κ1) is 12.8. The van der Waals surface area contributed by atoms with Gasteiger partial charge in [0.2, 0.25) is 0 Å². The lowest BCUT2D eigenvalue weighted by molar-refractivity contribution is -0.137. The van der Waals surface area contributed by atoms with Gasteiger partial charge < -0.3 is 0 Å². The molecule has 18 heavy (non-hydrogen) atoms. The number of alkyl halides is 3. The van der Waals surface area contributed by atoms with Crippen LogP contribution >= 0.6 is 11.6 Å². The molecular formula is C12H8ClF3N2. The van der Waals surface area contributed by atoms with Crippen LogP contribution in [-0.4, -0.2) is 9.97 Å². The monoisotopic (exact) mass is 272 g/mol. The van der Waals surface area contributed by atoms with Crippen molar-refractivity contribution in [2.24, 2.45) is 0 Å². The summed E-state index contributed by atoms with van der Waals surface area (Å²) in [6, 6.07) is 4.95. The van der Waals surface area contributed by atoms with Crippen LogP contribution in [0.1, 0.15) is 11.1 Å². The molecule has 0 aliphatic heterocycles. The van der Waals surface area contributed by atoms with Crippen LogP contribution in [0.25, 0.3) is 11.3 Å². The molecule has 0 saturated carbocycles. The summed E-state index contributed by atoms with van der Waals surface area (Å²) in [7, 11) is 0. The van der Waals surface area contributed by atoms with Gasteiger partial charge in [0.15, 0.2) is 0 Å². The molecule has 0 unspecified atom stereocenters. The fourth-order valence-electron chi connectivity index (χ4n) is 1.56. The Morgan fingerprint density at radius 2 is 1.83 bits per heavy atom. The maximum atomic E-state index is 12.6. The molecule has 2 nitrogen and oxygen atoms in total. The Bertz CT molecular complexity index is 582. The standard InChI is InChI=1S/C12H8ClF3N2/c1-7-2-3-8(12(14,15)16)4-9(7)10-5-11(13)18-6-17-10/h2-6H,1H3. The molecule has 94 valence electrons. The van der Waals surface area contributed by atoms with E-state index in [1.165, 1.54) is 18.5 Å². The molecule has 0 spiro atoms. The molecule has 2 rings (SSSR count). The van der Waals surface area contributed by atoms with Crippen LogP contribution in [0.3, 0.4) is 0 Å². The molecule has 0 radical (unpaired) electrons. The zero-order valence-electron chi connectivity index (χ0n) is 9.29. The Kier molecular flexibility index (Phi) is 3.26. The number of nitrogens with zero attached hydrogens (tertiary/aromatic N) is 2. The number of hydrogen-bond acceptors (Lipinski definition) is 2. The van der Waals surface area contributed by atoms with Gasteiger partial charge in [-0.3, -0.25) is 0 Å². The van der Waals surface area contributed by atoms with Gasteiger partial charge in [-0.2, -0.15) is 13.2 Å². The van der Waals surface area contributed by atoms with Crippen LogP contribution in [0.4, 0.5) is 13.2 Å². The van der Waals surface area contributed by atoms with Crippen LogP contribution in [0.2, 0.25) is 5.15 Å². The molecule has 0 atom stereocenters. The second-order valence-electron chi connectivity index (χ2n) is 3.75. The summed E-state index contributed by atoms with van der Waals surface area (Å²) >= 11 is 5.70. The zero-order chi connectivity index (χ0) is 13.3. The minimum Gasteiger partial charge on any atom is -0.236 e. The first-order valence-electron chi connectivity index (χ1n) is 5.03. The van der Waals surface area contributed by atoms with Gasteiger partial charge in [-0.1, -0.05) is 17.7 Å². The van der Waals surface area contributed by atoms with Crippen molar-refractivity contribution in [3.05, 3.63) is 46.9 Å². The van der Waals surface area contributed by atoms with E-state index >= 15 is 0 Å². The highest BCUT2D eigenvalue weighted by Crippen LogP contribution is 2.33. The third-order valence-electron chi connectivity index (χ3n) is 2.47. The Hall–Kier alpha value is -1.62. The van der Waals surface area contributed by atoms with Crippen molar-refractivity contribution >= 4 is 11.6 Å². The average molecular weight is 273 g/mol. The van der Waals surface area contributed by atoms with Gasteiger partial charge in [0, 0.05) is 11.6 Å². The second kappa shape index (κ2) is 4.57. The molecule has 2 aromatic rings. The summed E-state index contributed by atoms with van der Waals surface area (Å²) in [4.78, 5) is 7.63. The lowest BCUT2D eigenvalue weighted by atomic mass is 10.0. The van der Waals surface area contributed by atoms with E-state index in [1.807, 2.05) is 0 Å². The normalized spacial score (nSPS) is 11.6. The van der Waals surface area contributed by atoms with Gasteiger partial charge in [0.25, 0.3) is 0 Å². The molecule has 0 bridgehead atoms.